The third kappa shape index (κ3) is 5.61. The Bertz CT molecular complexity index is 479. The van der Waals surface area contributed by atoms with Gasteiger partial charge in [-0.1, -0.05) is 15.9 Å². The van der Waals surface area contributed by atoms with E-state index in [1.54, 1.807) is 45.0 Å². The number of benzene rings is 1. The third-order valence-corrected chi connectivity index (χ3v) is 2.68. The molecule has 110 valence electrons. The molecule has 0 radical (unpaired) electrons. The van der Waals surface area contributed by atoms with Gasteiger partial charge in [-0.05, 0) is 45.0 Å². The van der Waals surface area contributed by atoms with Crippen molar-refractivity contribution >= 4 is 33.7 Å². The molecule has 0 saturated heterocycles. The van der Waals surface area contributed by atoms with Crippen LogP contribution in [0.5, 0.6) is 0 Å². The van der Waals surface area contributed by atoms with E-state index in [9.17, 15) is 9.59 Å². The predicted octanol–water partition coefficient (Wildman–Crippen LogP) is 3.71. The van der Waals surface area contributed by atoms with Crippen molar-refractivity contribution in [3.05, 3.63) is 28.7 Å². The Balaban J connectivity index is 2.92. The monoisotopic (exact) mass is 343 g/mol. The number of hydrogen-bond donors (Lipinski definition) is 0. The summed E-state index contributed by atoms with van der Waals surface area (Å²) in [6.45, 7) is 6.42. The lowest BCUT2D eigenvalue weighted by atomic mass is 10.2. The van der Waals surface area contributed by atoms with E-state index in [1.165, 1.54) is 11.8 Å². The number of carbonyl (C=O) groups is 2. The summed E-state index contributed by atoms with van der Waals surface area (Å²) in [7, 11) is 0. The van der Waals surface area contributed by atoms with Crippen LogP contribution in [0.25, 0.3) is 0 Å². The molecule has 6 heteroatoms. The number of carbonyl (C=O) groups excluding carboxylic acids is 2. The van der Waals surface area contributed by atoms with Crippen LogP contribution < -0.4 is 4.90 Å². The number of anilines is 1. The molecule has 5 nitrogen and oxygen atoms in total. The molecule has 1 aromatic carbocycles. The normalized spacial score (nSPS) is 10.8. The molecule has 0 fully saturated rings. The molecule has 0 saturated carbocycles. The summed E-state index contributed by atoms with van der Waals surface area (Å²) in [5.74, 6) is -0.462. The summed E-state index contributed by atoms with van der Waals surface area (Å²) in [6.07, 6.45) is -0.568. The number of esters is 1. The molecule has 0 aliphatic rings. The molecule has 0 aliphatic heterocycles. The average Bonchev–Trinajstić information content (AvgIpc) is 2.29. The Kier molecular flexibility index (Phi) is 5.56. The van der Waals surface area contributed by atoms with Crippen LogP contribution in [-0.2, 0) is 14.3 Å². The number of hydrogen-bond acceptors (Lipinski definition) is 4. The topological polar surface area (TPSA) is 55.8 Å². The first kappa shape index (κ1) is 16.5. The largest absolute Gasteiger partial charge is 0.444 e. The van der Waals surface area contributed by atoms with Crippen LogP contribution in [0.3, 0.4) is 0 Å². The van der Waals surface area contributed by atoms with Gasteiger partial charge >= 0.3 is 12.1 Å². The van der Waals surface area contributed by atoms with E-state index >= 15 is 0 Å². The maximum atomic E-state index is 12.2. The van der Waals surface area contributed by atoms with Crippen molar-refractivity contribution in [2.75, 3.05) is 11.6 Å². The van der Waals surface area contributed by atoms with Crippen molar-refractivity contribution in [2.45, 2.75) is 33.3 Å². The summed E-state index contributed by atoms with van der Waals surface area (Å²) in [5, 5.41) is 0. The highest BCUT2D eigenvalue weighted by atomic mass is 79.9. The zero-order chi connectivity index (χ0) is 15.3. The maximum absolute atomic E-state index is 12.2. The Morgan fingerprint density at radius 3 is 2.20 bits per heavy atom. The first-order valence-electron chi connectivity index (χ1n) is 6.08. The predicted molar refractivity (Wildman–Crippen MR) is 79.5 cm³/mol. The van der Waals surface area contributed by atoms with Crippen LogP contribution in [0.2, 0.25) is 0 Å². The molecular weight excluding hydrogens is 326 g/mol. The molecule has 0 unspecified atom stereocenters. The second-order valence-electron chi connectivity index (χ2n) is 5.15. The summed E-state index contributed by atoms with van der Waals surface area (Å²) in [5.41, 5.74) is -0.0373. The van der Waals surface area contributed by atoms with Gasteiger partial charge in [0.15, 0.2) is 6.73 Å². The lowest BCUT2D eigenvalue weighted by Crippen LogP contribution is -2.38. The van der Waals surface area contributed by atoms with Crippen molar-refractivity contribution in [3.63, 3.8) is 0 Å². The molecule has 0 aliphatic carbocycles. The quantitative estimate of drug-likeness (QED) is 0.620. The number of nitrogens with zero attached hydrogens (tertiary/aromatic N) is 1. The molecular formula is C14H18BrNO4. The van der Waals surface area contributed by atoms with Gasteiger partial charge in [-0.3, -0.25) is 4.79 Å². The SMILES string of the molecule is CC(=O)OCN(C(=O)OC(C)(C)C)c1ccc(Br)cc1. The second-order valence-corrected chi connectivity index (χ2v) is 6.07. The Morgan fingerprint density at radius 2 is 1.75 bits per heavy atom. The average molecular weight is 344 g/mol. The number of rotatable bonds is 3. The summed E-state index contributed by atoms with van der Waals surface area (Å²) in [4.78, 5) is 24.4. The fraction of sp³-hybridized carbons (Fsp3) is 0.429. The number of ether oxygens (including phenoxy) is 2. The van der Waals surface area contributed by atoms with E-state index in [0.717, 1.165) is 4.47 Å². The van der Waals surface area contributed by atoms with Gasteiger partial charge in [0.2, 0.25) is 0 Å². The van der Waals surface area contributed by atoms with Crippen LogP contribution in [0, 0.1) is 0 Å². The van der Waals surface area contributed by atoms with Crippen molar-refractivity contribution in [1.29, 1.82) is 0 Å². The zero-order valence-electron chi connectivity index (χ0n) is 12.0. The van der Waals surface area contributed by atoms with E-state index in [1.807, 2.05) is 0 Å². The zero-order valence-corrected chi connectivity index (χ0v) is 13.6. The highest BCUT2D eigenvalue weighted by molar-refractivity contribution is 9.10. The van der Waals surface area contributed by atoms with Crippen LogP contribution in [-0.4, -0.2) is 24.4 Å². The van der Waals surface area contributed by atoms with Crippen molar-refractivity contribution in [3.8, 4) is 0 Å². The van der Waals surface area contributed by atoms with E-state index in [4.69, 9.17) is 9.47 Å². The summed E-state index contributed by atoms with van der Waals surface area (Å²) < 4.78 is 11.1. The maximum Gasteiger partial charge on any atom is 0.417 e. The Labute approximate surface area is 127 Å². The minimum Gasteiger partial charge on any atom is -0.444 e. The molecule has 1 amide bonds. The van der Waals surface area contributed by atoms with E-state index < -0.39 is 17.7 Å². The minimum absolute atomic E-state index is 0.189. The molecule has 0 aromatic heterocycles. The van der Waals surface area contributed by atoms with Gasteiger partial charge < -0.3 is 9.47 Å². The Morgan fingerprint density at radius 1 is 1.20 bits per heavy atom. The van der Waals surface area contributed by atoms with E-state index in [2.05, 4.69) is 15.9 Å². The van der Waals surface area contributed by atoms with Gasteiger partial charge in [-0.25, -0.2) is 9.69 Å². The van der Waals surface area contributed by atoms with Crippen LogP contribution >= 0.6 is 15.9 Å². The fourth-order valence-corrected chi connectivity index (χ4v) is 1.59. The van der Waals surface area contributed by atoms with E-state index in [0.29, 0.717) is 5.69 Å². The highest BCUT2D eigenvalue weighted by Gasteiger charge is 2.24. The molecule has 1 aromatic rings. The molecule has 20 heavy (non-hydrogen) atoms. The Hall–Kier alpha value is -1.56. The number of amides is 1. The van der Waals surface area contributed by atoms with Gasteiger partial charge in [0.05, 0.1) is 5.69 Å². The van der Waals surface area contributed by atoms with E-state index in [-0.39, 0.29) is 6.73 Å². The van der Waals surface area contributed by atoms with Gasteiger partial charge in [0, 0.05) is 11.4 Å². The third-order valence-electron chi connectivity index (χ3n) is 2.15. The molecule has 0 spiro atoms. The minimum atomic E-state index is -0.624. The second kappa shape index (κ2) is 6.74. The van der Waals surface area contributed by atoms with Crippen molar-refractivity contribution in [2.24, 2.45) is 0 Å². The summed E-state index contributed by atoms with van der Waals surface area (Å²) in [6, 6.07) is 7.05. The molecule has 0 bridgehead atoms. The summed E-state index contributed by atoms with van der Waals surface area (Å²) >= 11 is 3.32. The highest BCUT2D eigenvalue weighted by Crippen LogP contribution is 2.21. The number of halogens is 1. The lowest BCUT2D eigenvalue weighted by molar-refractivity contribution is -0.140. The first-order valence-corrected chi connectivity index (χ1v) is 6.88. The first-order chi connectivity index (χ1) is 9.19. The van der Waals surface area contributed by atoms with Crippen molar-refractivity contribution < 1.29 is 19.1 Å². The van der Waals surface area contributed by atoms with Gasteiger partial charge in [-0.2, -0.15) is 0 Å². The van der Waals surface area contributed by atoms with Gasteiger partial charge in [0.1, 0.15) is 5.60 Å². The van der Waals surface area contributed by atoms with Crippen LogP contribution in [0.1, 0.15) is 27.7 Å². The smallest absolute Gasteiger partial charge is 0.417 e. The van der Waals surface area contributed by atoms with Gasteiger partial charge in [-0.15, -0.1) is 0 Å². The van der Waals surface area contributed by atoms with Gasteiger partial charge in [0.25, 0.3) is 0 Å². The standard InChI is InChI=1S/C14H18BrNO4/c1-10(17)19-9-16(13(18)20-14(2,3)4)12-7-5-11(15)6-8-12/h5-8H,9H2,1-4H3. The van der Waals surface area contributed by atoms with Crippen LogP contribution in [0.4, 0.5) is 10.5 Å². The molecule has 0 atom stereocenters. The molecule has 0 heterocycles. The van der Waals surface area contributed by atoms with Crippen molar-refractivity contribution in [1.82, 2.24) is 0 Å². The molecule has 0 N–H and O–H groups in total. The lowest BCUT2D eigenvalue weighted by Gasteiger charge is -2.27. The fourth-order valence-electron chi connectivity index (χ4n) is 1.33. The van der Waals surface area contributed by atoms with Crippen LogP contribution in [0.15, 0.2) is 28.7 Å². The molecule has 1 rings (SSSR count).